The van der Waals surface area contributed by atoms with E-state index in [9.17, 15) is 9.59 Å². The summed E-state index contributed by atoms with van der Waals surface area (Å²) in [4.78, 5) is 28.6. The number of nitrogens with zero attached hydrogens (tertiary/aromatic N) is 2. The van der Waals surface area contributed by atoms with Crippen molar-refractivity contribution >= 4 is 34.1 Å². The summed E-state index contributed by atoms with van der Waals surface area (Å²) < 4.78 is 2.00. The van der Waals surface area contributed by atoms with Gasteiger partial charge in [-0.05, 0) is 31.5 Å². The summed E-state index contributed by atoms with van der Waals surface area (Å²) in [6.07, 6.45) is 0. The fraction of sp³-hybridized carbons (Fsp3) is 0.235. The van der Waals surface area contributed by atoms with E-state index in [4.69, 9.17) is 0 Å². The lowest BCUT2D eigenvalue weighted by molar-refractivity contribution is 0.0953. The molecule has 2 heterocycles. The molecule has 23 heavy (non-hydrogen) atoms. The SMILES string of the molecule is CC(=O)c1csc(C(=O)NCc2nc3cccc(C)c3n2C)c1. The lowest BCUT2D eigenvalue weighted by Crippen LogP contribution is -2.23. The van der Waals surface area contributed by atoms with Crippen molar-refractivity contribution in [2.75, 3.05) is 0 Å². The van der Waals surface area contributed by atoms with E-state index in [0.29, 0.717) is 17.0 Å². The van der Waals surface area contributed by atoms with Crippen molar-refractivity contribution in [2.45, 2.75) is 20.4 Å². The van der Waals surface area contributed by atoms with Gasteiger partial charge in [-0.25, -0.2) is 4.98 Å². The largest absolute Gasteiger partial charge is 0.344 e. The monoisotopic (exact) mass is 327 g/mol. The van der Waals surface area contributed by atoms with Gasteiger partial charge in [0.1, 0.15) is 5.82 Å². The predicted octanol–water partition coefficient (Wildman–Crippen LogP) is 3.08. The summed E-state index contributed by atoms with van der Waals surface area (Å²) in [5.74, 6) is 0.573. The molecule has 1 N–H and O–H groups in total. The van der Waals surface area contributed by atoms with Crippen LogP contribution in [0.15, 0.2) is 29.6 Å². The van der Waals surface area contributed by atoms with Gasteiger partial charge in [-0.1, -0.05) is 12.1 Å². The number of carbonyl (C=O) groups excluding carboxylic acids is 2. The van der Waals surface area contributed by atoms with Gasteiger partial charge in [0, 0.05) is 18.0 Å². The van der Waals surface area contributed by atoms with Gasteiger partial charge in [0.2, 0.25) is 0 Å². The lowest BCUT2D eigenvalue weighted by atomic mass is 10.2. The fourth-order valence-electron chi connectivity index (χ4n) is 2.56. The molecule has 0 fully saturated rings. The molecule has 6 heteroatoms. The minimum atomic E-state index is -0.189. The second-order valence-electron chi connectivity index (χ2n) is 5.47. The van der Waals surface area contributed by atoms with Gasteiger partial charge in [0.25, 0.3) is 5.91 Å². The van der Waals surface area contributed by atoms with E-state index in [1.165, 1.54) is 18.3 Å². The molecule has 0 saturated heterocycles. The number of aromatic nitrogens is 2. The number of nitrogens with one attached hydrogen (secondary N) is 1. The number of thiophene rings is 1. The average Bonchev–Trinajstić information content (AvgIpc) is 3.11. The topological polar surface area (TPSA) is 64.0 Å². The van der Waals surface area contributed by atoms with Crippen LogP contribution in [0.3, 0.4) is 0 Å². The first-order chi connectivity index (χ1) is 11.0. The Morgan fingerprint density at radius 3 is 2.78 bits per heavy atom. The highest BCUT2D eigenvalue weighted by molar-refractivity contribution is 7.12. The molecule has 0 unspecified atom stereocenters. The molecule has 2 aromatic heterocycles. The maximum absolute atomic E-state index is 12.2. The van der Waals surface area contributed by atoms with Crippen LogP contribution in [0.25, 0.3) is 11.0 Å². The van der Waals surface area contributed by atoms with E-state index in [0.717, 1.165) is 22.4 Å². The first kappa shape index (κ1) is 15.4. The number of Topliss-reactive ketones (excluding diaryl/α,β-unsaturated/α-hetero) is 1. The number of ketones is 1. The summed E-state index contributed by atoms with van der Waals surface area (Å²) in [5, 5.41) is 4.57. The Morgan fingerprint density at radius 2 is 2.13 bits per heavy atom. The van der Waals surface area contributed by atoms with Crippen LogP contribution < -0.4 is 5.32 Å². The van der Waals surface area contributed by atoms with E-state index in [1.807, 2.05) is 36.7 Å². The Bertz CT molecular complexity index is 908. The summed E-state index contributed by atoms with van der Waals surface area (Å²) >= 11 is 1.27. The average molecular weight is 327 g/mol. The molecule has 0 aliphatic rings. The van der Waals surface area contributed by atoms with Crippen LogP contribution in [0.1, 0.15) is 38.3 Å². The second-order valence-corrected chi connectivity index (χ2v) is 6.38. The Balaban J connectivity index is 1.77. The van der Waals surface area contributed by atoms with Crippen LogP contribution in [0.2, 0.25) is 0 Å². The van der Waals surface area contributed by atoms with Gasteiger partial charge in [0.15, 0.2) is 5.78 Å². The Hall–Kier alpha value is -2.47. The van der Waals surface area contributed by atoms with Crippen molar-refractivity contribution in [2.24, 2.45) is 7.05 Å². The Labute approximate surface area is 138 Å². The molecular weight excluding hydrogens is 310 g/mol. The number of imidazole rings is 1. The Morgan fingerprint density at radius 1 is 1.35 bits per heavy atom. The number of hydrogen-bond acceptors (Lipinski definition) is 4. The first-order valence-corrected chi connectivity index (χ1v) is 8.14. The molecule has 0 aliphatic heterocycles. The highest BCUT2D eigenvalue weighted by Crippen LogP contribution is 2.19. The number of hydrogen-bond donors (Lipinski definition) is 1. The predicted molar refractivity (Wildman–Crippen MR) is 90.9 cm³/mol. The maximum Gasteiger partial charge on any atom is 0.261 e. The van der Waals surface area contributed by atoms with Gasteiger partial charge in [0.05, 0.1) is 22.5 Å². The minimum Gasteiger partial charge on any atom is -0.344 e. The quantitative estimate of drug-likeness (QED) is 0.749. The van der Waals surface area contributed by atoms with Crippen LogP contribution in [-0.4, -0.2) is 21.2 Å². The van der Waals surface area contributed by atoms with Gasteiger partial charge in [-0.15, -0.1) is 11.3 Å². The zero-order valence-corrected chi connectivity index (χ0v) is 14.0. The van der Waals surface area contributed by atoms with Crippen molar-refractivity contribution < 1.29 is 9.59 Å². The summed E-state index contributed by atoms with van der Waals surface area (Å²) in [6.45, 7) is 3.88. The van der Waals surface area contributed by atoms with Crippen LogP contribution >= 0.6 is 11.3 Å². The fourth-order valence-corrected chi connectivity index (χ4v) is 3.42. The van der Waals surface area contributed by atoms with E-state index >= 15 is 0 Å². The third-order valence-electron chi connectivity index (χ3n) is 3.83. The number of carbonyl (C=O) groups is 2. The van der Waals surface area contributed by atoms with Crippen molar-refractivity contribution in [3.63, 3.8) is 0 Å². The number of fused-ring (bicyclic) bond motifs is 1. The Kier molecular flexibility index (Phi) is 4.00. The van der Waals surface area contributed by atoms with Crippen molar-refractivity contribution in [1.29, 1.82) is 0 Å². The van der Waals surface area contributed by atoms with Gasteiger partial charge in [-0.3, -0.25) is 9.59 Å². The summed E-state index contributed by atoms with van der Waals surface area (Å²) in [6, 6.07) is 7.61. The molecule has 0 aliphatic carbocycles. The van der Waals surface area contributed by atoms with Gasteiger partial charge in [-0.2, -0.15) is 0 Å². The van der Waals surface area contributed by atoms with Crippen LogP contribution in [-0.2, 0) is 13.6 Å². The van der Waals surface area contributed by atoms with Crippen molar-refractivity contribution in [3.05, 3.63) is 51.5 Å². The molecule has 0 spiro atoms. The smallest absolute Gasteiger partial charge is 0.261 e. The molecule has 0 radical (unpaired) electrons. The molecular formula is C17H17N3O2S. The van der Waals surface area contributed by atoms with Crippen LogP contribution in [0.5, 0.6) is 0 Å². The minimum absolute atomic E-state index is 0.0360. The maximum atomic E-state index is 12.2. The van der Waals surface area contributed by atoms with Crippen LogP contribution in [0, 0.1) is 6.92 Å². The standard InChI is InChI=1S/C17H17N3O2S/c1-10-5-4-6-13-16(10)20(3)15(19-13)8-18-17(22)14-7-12(9-23-14)11(2)21/h4-7,9H,8H2,1-3H3,(H,18,22). The zero-order valence-electron chi connectivity index (χ0n) is 13.2. The highest BCUT2D eigenvalue weighted by Gasteiger charge is 2.13. The normalized spacial score (nSPS) is 10.9. The third-order valence-corrected chi connectivity index (χ3v) is 4.75. The highest BCUT2D eigenvalue weighted by atomic mass is 32.1. The number of aryl methyl sites for hydroxylation is 2. The van der Waals surface area contributed by atoms with E-state index in [-0.39, 0.29) is 11.7 Å². The van der Waals surface area contributed by atoms with E-state index < -0.39 is 0 Å². The second kappa shape index (κ2) is 5.96. The third kappa shape index (κ3) is 2.90. The molecule has 0 bridgehead atoms. The van der Waals surface area contributed by atoms with Gasteiger partial charge >= 0.3 is 0 Å². The molecule has 0 saturated carbocycles. The zero-order chi connectivity index (χ0) is 16.6. The van der Waals surface area contributed by atoms with Crippen molar-refractivity contribution in [3.8, 4) is 0 Å². The number of rotatable bonds is 4. The van der Waals surface area contributed by atoms with Crippen molar-refractivity contribution in [1.82, 2.24) is 14.9 Å². The first-order valence-electron chi connectivity index (χ1n) is 7.26. The molecule has 1 aromatic carbocycles. The molecule has 118 valence electrons. The molecule has 0 atom stereocenters. The van der Waals surface area contributed by atoms with E-state index in [1.54, 1.807) is 11.4 Å². The molecule has 5 nitrogen and oxygen atoms in total. The van der Waals surface area contributed by atoms with Crippen LogP contribution in [0.4, 0.5) is 0 Å². The molecule has 3 aromatic rings. The van der Waals surface area contributed by atoms with E-state index in [2.05, 4.69) is 10.3 Å². The lowest BCUT2D eigenvalue weighted by Gasteiger charge is -2.05. The molecule has 3 rings (SSSR count). The number of benzene rings is 1. The van der Waals surface area contributed by atoms with Gasteiger partial charge < -0.3 is 9.88 Å². The summed E-state index contributed by atoms with van der Waals surface area (Å²) in [5.41, 5.74) is 3.72. The summed E-state index contributed by atoms with van der Waals surface area (Å²) in [7, 11) is 1.95. The number of para-hydroxylation sites is 1. The number of amides is 1. The molecule has 1 amide bonds.